The predicted octanol–water partition coefficient (Wildman–Crippen LogP) is 0.619. The number of likely N-dealkylation sites (tertiary alicyclic amines) is 1. The maximum Gasteiger partial charge on any atom is 0.304 e. The fraction of sp³-hybridized carbons (Fsp3) is 0.700. The predicted molar refractivity (Wildman–Crippen MR) is 62.3 cm³/mol. The van der Waals surface area contributed by atoms with Crippen molar-refractivity contribution in [2.75, 3.05) is 13.6 Å². The van der Waals surface area contributed by atoms with Gasteiger partial charge in [-0.1, -0.05) is 11.3 Å². The molecule has 4 nitrogen and oxygen atoms in total. The van der Waals surface area contributed by atoms with Crippen molar-refractivity contribution in [3.63, 3.8) is 0 Å². The molecule has 1 aliphatic heterocycles. The normalized spacial score (nSPS) is 27.3. The largest absolute Gasteiger partial charge is 0.315 e. The molecule has 1 aliphatic rings. The lowest BCUT2D eigenvalue weighted by atomic mass is 10.2. The second kappa shape index (κ2) is 4.47. The van der Waals surface area contributed by atoms with Gasteiger partial charge in [-0.3, -0.25) is 4.79 Å². The number of hydrogen-bond donors (Lipinski definition) is 2. The summed E-state index contributed by atoms with van der Waals surface area (Å²) in [5.41, 5.74) is 0.993. The Hall–Kier alpha value is -0.650. The number of rotatable bonds is 3. The van der Waals surface area contributed by atoms with Crippen LogP contribution in [0.15, 0.2) is 10.2 Å². The maximum absolute atomic E-state index is 10.9. The fourth-order valence-electron chi connectivity index (χ4n) is 2.00. The first-order valence-corrected chi connectivity index (χ1v) is 6.13. The molecule has 1 aromatic rings. The van der Waals surface area contributed by atoms with Gasteiger partial charge in [0.05, 0.1) is 0 Å². The minimum atomic E-state index is 0.0312. The molecular formula is C10H17N3OS. The van der Waals surface area contributed by atoms with Crippen LogP contribution in [0, 0.1) is 0 Å². The van der Waals surface area contributed by atoms with E-state index in [1.165, 1.54) is 17.8 Å². The molecule has 1 aromatic heterocycles. The maximum atomic E-state index is 10.9. The zero-order valence-electron chi connectivity index (χ0n) is 9.12. The first-order chi connectivity index (χ1) is 7.15. The molecule has 2 heterocycles. The van der Waals surface area contributed by atoms with E-state index in [0.717, 1.165) is 18.8 Å². The van der Waals surface area contributed by atoms with Gasteiger partial charge in [0.15, 0.2) is 0 Å². The highest BCUT2D eigenvalue weighted by molar-refractivity contribution is 7.07. The average Bonchev–Trinajstić information content (AvgIpc) is 2.72. The van der Waals surface area contributed by atoms with Gasteiger partial charge in [-0.2, -0.15) is 0 Å². The lowest BCUT2D eigenvalue weighted by molar-refractivity contribution is 0.326. The highest BCUT2D eigenvalue weighted by Crippen LogP contribution is 2.14. The molecule has 0 aliphatic carbocycles. The molecule has 0 aromatic carbocycles. The van der Waals surface area contributed by atoms with E-state index in [-0.39, 0.29) is 4.87 Å². The molecule has 0 bridgehead atoms. The lowest BCUT2D eigenvalue weighted by Crippen LogP contribution is -2.31. The molecule has 0 amide bonds. The van der Waals surface area contributed by atoms with Crippen molar-refractivity contribution in [2.45, 2.75) is 32.0 Å². The number of aromatic amines is 1. The number of nitrogens with zero attached hydrogens (tertiary/aromatic N) is 1. The molecule has 2 unspecified atom stereocenters. The Bertz CT molecular complexity index is 363. The Kier molecular flexibility index (Phi) is 3.23. The van der Waals surface area contributed by atoms with Crippen molar-refractivity contribution in [3.8, 4) is 0 Å². The van der Waals surface area contributed by atoms with Crippen LogP contribution in [0.2, 0.25) is 0 Å². The van der Waals surface area contributed by atoms with Crippen molar-refractivity contribution >= 4 is 11.3 Å². The van der Waals surface area contributed by atoms with E-state index >= 15 is 0 Å². The SMILES string of the molecule is CC1CC(NCc2csc(=O)[nH]2)CN1C. The molecule has 2 N–H and O–H groups in total. The van der Waals surface area contributed by atoms with Gasteiger partial charge in [-0.05, 0) is 20.4 Å². The second-order valence-corrected chi connectivity index (χ2v) is 5.12. The topological polar surface area (TPSA) is 48.1 Å². The molecule has 2 atom stereocenters. The van der Waals surface area contributed by atoms with Gasteiger partial charge in [-0.15, -0.1) is 0 Å². The van der Waals surface area contributed by atoms with Crippen molar-refractivity contribution in [1.82, 2.24) is 15.2 Å². The van der Waals surface area contributed by atoms with Crippen molar-refractivity contribution < 1.29 is 0 Å². The summed E-state index contributed by atoms with van der Waals surface area (Å²) in [6.45, 7) is 4.10. The van der Waals surface area contributed by atoms with Crippen LogP contribution >= 0.6 is 11.3 Å². The summed E-state index contributed by atoms with van der Waals surface area (Å²) in [5, 5.41) is 5.35. The van der Waals surface area contributed by atoms with Gasteiger partial charge in [0.1, 0.15) is 0 Å². The Morgan fingerprint density at radius 2 is 2.53 bits per heavy atom. The van der Waals surface area contributed by atoms with Crippen LogP contribution in [0.25, 0.3) is 0 Å². The quantitative estimate of drug-likeness (QED) is 0.796. The monoisotopic (exact) mass is 227 g/mol. The van der Waals surface area contributed by atoms with Crippen LogP contribution in [0.3, 0.4) is 0 Å². The van der Waals surface area contributed by atoms with Crippen molar-refractivity contribution in [3.05, 3.63) is 20.7 Å². The number of aromatic nitrogens is 1. The van der Waals surface area contributed by atoms with Crippen LogP contribution < -0.4 is 10.2 Å². The molecule has 5 heteroatoms. The molecule has 1 fully saturated rings. The molecule has 0 spiro atoms. The Morgan fingerprint density at radius 1 is 1.73 bits per heavy atom. The molecule has 15 heavy (non-hydrogen) atoms. The Morgan fingerprint density at radius 3 is 3.07 bits per heavy atom. The Labute approximate surface area is 93.3 Å². The zero-order valence-corrected chi connectivity index (χ0v) is 9.93. The first-order valence-electron chi connectivity index (χ1n) is 5.25. The van der Waals surface area contributed by atoms with Gasteiger partial charge in [0, 0.05) is 36.2 Å². The highest BCUT2D eigenvalue weighted by Gasteiger charge is 2.25. The van der Waals surface area contributed by atoms with Gasteiger partial charge >= 0.3 is 4.87 Å². The van der Waals surface area contributed by atoms with E-state index in [1.54, 1.807) is 0 Å². The summed E-state index contributed by atoms with van der Waals surface area (Å²) in [5.74, 6) is 0. The second-order valence-electron chi connectivity index (χ2n) is 4.28. The van der Waals surface area contributed by atoms with Gasteiger partial charge in [-0.25, -0.2) is 0 Å². The van der Waals surface area contributed by atoms with Crippen molar-refractivity contribution in [2.24, 2.45) is 0 Å². The minimum Gasteiger partial charge on any atom is -0.315 e. The minimum absolute atomic E-state index is 0.0312. The smallest absolute Gasteiger partial charge is 0.304 e. The summed E-state index contributed by atoms with van der Waals surface area (Å²) in [6.07, 6.45) is 1.19. The third kappa shape index (κ3) is 2.68. The summed E-state index contributed by atoms with van der Waals surface area (Å²) in [6, 6.07) is 1.21. The average molecular weight is 227 g/mol. The van der Waals surface area contributed by atoms with Crippen LogP contribution in [0.1, 0.15) is 19.0 Å². The third-order valence-electron chi connectivity index (χ3n) is 3.04. The van der Waals surface area contributed by atoms with Crippen LogP contribution in [-0.2, 0) is 6.54 Å². The van der Waals surface area contributed by atoms with Crippen LogP contribution in [0.4, 0.5) is 0 Å². The number of hydrogen-bond acceptors (Lipinski definition) is 4. The van der Waals surface area contributed by atoms with Crippen LogP contribution in [-0.4, -0.2) is 35.6 Å². The number of thiazole rings is 1. The molecule has 0 saturated carbocycles. The summed E-state index contributed by atoms with van der Waals surface area (Å²) in [7, 11) is 2.15. The highest BCUT2D eigenvalue weighted by atomic mass is 32.1. The zero-order chi connectivity index (χ0) is 10.8. The van der Waals surface area contributed by atoms with E-state index in [0.29, 0.717) is 12.1 Å². The third-order valence-corrected chi connectivity index (χ3v) is 3.76. The molecule has 0 radical (unpaired) electrons. The Balaban J connectivity index is 1.82. The molecule has 2 rings (SSSR count). The number of nitrogens with one attached hydrogen (secondary N) is 2. The van der Waals surface area contributed by atoms with E-state index in [1.807, 2.05) is 5.38 Å². The number of likely N-dealkylation sites (N-methyl/N-ethyl adjacent to an activating group) is 1. The van der Waals surface area contributed by atoms with Gasteiger partial charge < -0.3 is 15.2 Å². The number of H-pyrrole nitrogens is 1. The molecular weight excluding hydrogens is 210 g/mol. The fourth-order valence-corrected chi connectivity index (χ4v) is 2.58. The van der Waals surface area contributed by atoms with E-state index in [2.05, 4.69) is 29.2 Å². The van der Waals surface area contributed by atoms with Gasteiger partial charge in [0.2, 0.25) is 0 Å². The van der Waals surface area contributed by atoms with Crippen molar-refractivity contribution in [1.29, 1.82) is 0 Å². The van der Waals surface area contributed by atoms with Crippen LogP contribution in [0.5, 0.6) is 0 Å². The lowest BCUT2D eigenvalue weighted by Gasteiger charge is -2.12. The summed E-state index contributed by atoms with van der Waals surface area (Å²) < 4.78 is 0. The van der Waals surface area contributed by atoms with Gasteiger partial charge in [0.25, 0.3) is 0 Å². The summed E-state index contributed by atoms with van der Waals surface area (Å²) >= 11 is 1.23. The van der Waals surface area contributed by atoms with E-state index in [9.17, 15) is 4.79 Å². The summed E-state index contributed by atoms with van der Waals surface area (Å²) in [4.78, 5) is 16.1. The van der Waals surface area contributed by atoms with E-state index < -0.39 is 0 Å². The first kappa shape index (κ1) is 10.9. The standard InChI is InChI=1S/C10H17N3OS/c1-7-3-8(5-13(7)2)11-4-9-6-15-10(14)12-9/h6-8,11H,3-5H2,1-2H3,(H,12,14). The van der Waals surface area contributed by atoms with E-state index in [4.69, 9.17) is 0 Å². The molecule has 84 valence electrons. The molecule has 1 saturated heterocycles.